The minimum absolute atomic E-state index is 0.0595. The molecule has 0 saturated heterocycles. The van der Waals surface area contributed by atoms with E-state index in [1.165, 1.54) is 0 Å². The van der Waals surface area contributed by atoms with Crippen LogP contribution in [-0.2, 0) is 0 Å². The second-order valence-electron chi connectivity index (χ2n) is 2.17. The summed E-state index contributed by atoms with van der Waals surface area (Å²) in [6.07, 6.45) is 0. The van der Waals surface area contributed by atoms with Gasteiger partial charge in [-0.2, -0.15) is 0 Å². The second kappa shape index (κ2) is 3.22. The van der Waals surface area contributed by atoms with Crippen LogP contribution in [0.1, 0.15) is 0 Å². The number of anilines is 1. The van der Waals surface area contributed by atoms with Gasteiger partial charge in [-0.15, -0.1) is 0 Å². The minimum Gasteiger partial charge on any atom is -0.376 e. The molecule has 0 saturated carbocycles. The maximum atomic E-state index is 8.71. The van der Waals surface area contributed by atoms with Gasteiger partial charge in [0.25, 0.3) is 0 Å². The van der Waals surface area contributed by atoms with E-state index in [2.05, 4.69) is 0 Å². The van der Waals surface area contributed by atoms with Crippen molar-refractivity contribution in [3.05, 3.63) is 30.3 Å². The summed E-state index contributed by atoms with van der Waals surface area (Å²) in [5, 5.41) is 8.71. The normalized spacial score (nSPS) is 9.40. The Bertz CT molecular complexity index is 186. The Morgan fingerprint density at radius 2 is 1.90 bits per heavy atom. The van der Waals surface area contributed by atoms with E-state index in [4.69, 9.17) is 5.11 Å². The Labute approximate surface area is 60.7 Å². The molecule has 1 aromatic rings. The van der Waals surface area contributed by atoms with Crippen LogP contribution in [0.3, 0.4) is 0 Å². The molecule has 0 radical (unpaired) electrons. The number of aliphatic hydroxyl groups is 1. The van der Waals surface area contributed by atoms with Crippen LogP contribution in [-0.4, -0.2) is 18.9 Å². The van der Waals surface area contributed by atoms with Crippen LogP contribution in [0.15, 0.2) is 30.3 Å². The number of hydrogen-bond acceptors (Lipinski definition) is 2. The summed E-state index contributed by atoms with van der Waals surface area (Å²) in [5.74, 6) is 0. The maximum absolute atomic E-state index is 8.71. The van der Waals surface area contributed by atoms with Crippen molar-refractivity contribution in [1.82, 2.24) is 0 Å². The van der Waals surface area contributed by atoms with Crippen molar-refractivity contribution in [2.24, 2.45) is 0 Å². The van der Waals surface area contributed by atoms with Crippen molar-refractivity contribution in [3.63, 3.8) is 0 Å². The van der Waals surface area contributed by atoms with Crippen molar-refractivity contribution < 1.29 is 5.11 Å². The topological polar surface area (TPSA) is 23.5 Å². The zero-order valence-corrected chi connectivity index (χ0v) is 5.99. The first-order valence-electron chi connectivity index (χ1n) is 3.21. The Kier molecular flexibility index (Phi) is 2.29. The van der Waals surface area contributed by atoms with E-state index in [1.807, 2.05) is 37.4 Å². The number of hydrogen-bond donors (Lipinski definition) is 1. The lowest BCUT2D eigenvalue weighted by Crippen LogP contribution is -2.17. The minimum atomic E-state index is 0.0595. The molecule has 0 amide bonds. The standard InChI is InChI=1S/C8H11NO/c1-9(7-10)8-5-3-2-4-6-8/h2-6,10H,7H2,1H3. The molecule has 2 nitrogen and oxygen atoms in total. The van der Waals surface area contributed by atoms with Gasteiger partial charge in [0, 0.05) is 12.7 Å². The highest BCUT2D eigenvalue weighted by atomic mass is 16.3. The van der Waals surface area contributed by atoms with E-state index in [1.54, 1.807) is 4.90 Å². The molecule has 2 heteroatoms. The lowest BCUT2D eigenvalue weighted by Gasteiger charge is -2.14. The highest BCUT2D eigenvalue weighted by Crippen LogP contribution is 2.08. The molecule has 0 atom stereocenters. The van der Waals surface area contributed by atoms with Gasteiger partial charge >= 0.3 is 0 Å². The molecule has 0 unspecified atom stereocenters. The Hall–Kier alpha value is -1.02. The van der Waals surface area contributed by atoms with Crippen molar-refractivity contribution >= 4 is 5.69 Å². The molecule has 54 valence electrons. The average molecular weight is 137 g/mol. The SMILES string of the molecule is CN(CO)c1ccccc1. The van der Waals surface area contributed by atoms with Gasteiger partial charge in [0.1, 0.15) is 6.73 Å². The fraction of sp³-hybridized carbons (Fsp3) is 0.250. The van der Waals surface area contributed by atoms with Gasteiger partial charge in [-0.05, 0) is 12.1 Å². The van der Waals surface area contributed by atoms with Crippen LogP contribution in [0.25, 0.3) is 0 Å². The third-order valence-corrected chi connectivity index (χ3v) is 1.41. The second-order valence-corrected chi connectivity index (χ2v) is 2.17. The number of rotatable bonds is 2. The largest absolute Gasteiger partial charge is 0.376 e. The van der Waals surface area contributed by atoms with Crippen LogP contribution in [0, 0.1) is 0 Å². The van der Waals surface area contributed by atoms with Gasteiger partial charge in [0.05, 0.1) is 0 Å². The fourth-order valence-electron chi connectivity index (χ4n) is 0.764. The molecule has 0 aliphatic heterocycles. The zero-order chi connectivity index (χ0) is 7.40. The number of aliphatic hydroxyl groups excluding tert-OH is 1. The lowest BCUT2D eigenvalue weighted by atomic mass is 10.3. The first-order chi connectivity index (χ1) is 4.84. The zero-order valence-electron chi connectivity index (χ0n) is 5.99. The van der Waals surface area contributed by atoms with E-state index >= 15 is 0 Å². The molecule has 1 N–H and O–H groups in total. The molecule has 1 rings (SSSR count). The molecule has 10 heavy (non-hydrogen) atoms. The van der Waals surface area contributed by atoms with Gasteiger partial charge < -0.3 is 10.0 Å². The van der Waals surface area contributed by atoms with Gasteiger partial charge in [0.2, 0.25) is 0 Å². The average Bonchev–Trinajstić information content (AvgIpc) is 2.05. The number of para-hydroxylation sites is 1. The number of benzene rings is 1. The van der Waals surface area contributed by atoms with Crippen LogP contribution < -0.4 is 4.90 Å². The molecule has 0 fully saturated rings. The summed E-state index contributed by atoms with van der Waals surface area (Å²) in [5.41, 5.74) is 1.03. The van der Waals surface area contributed by atoms with Gasteiger partial charge in [-0.3, -0.25) is 0 Å². The smallest absolute Gasteiger partial charge is 0.115 e. The van der Waals surface area contributed by atoms with Crippen LogP contribution >= 0.6 is 0 Å². The Morgan fingerprint density at radius 1 is 1.30 bits per heavy atom. The molecule has 0 aromatic heterocycles. The molecule has 0 heterocycles. The number of nitrogens with zero attached hydrogens (tertiary/aromatic N) is 1. The lowest BCUT2D eigenvalue weighted by molar-refractivity contribution is 0.298. The molecule has 0 aliphatic carbocycles. The molecule has 0 bridgehead atoms. The predicted molar refractivity (Wildman–Crippen MR) is 41.9 cm³/mol. The predicted octanol–water partition coefficient (Wildman–Crippen LogP) is 1.07. The molecule has 1 aromatic carbocycles. The van der Waals surface area contributed by atoms with Crippen molar-refractivity contribution in [2.75, 3.05) is 18.7 Å². The summed E-state index contributed by atoms with van der Waals surface area (Å²) in [6, 6.07) is 9.75. The highest BCUT2D eigenvalue weighted by molar-refractivity contribution is 5.44. The monoisotopic (exact) mass is 137 g/mol. The summed E-state index contributed by atoms with van der Waals surface area (Å²) in [7, 11) is 1.84. The van der Waals surface area contributed by atoms with Gasteiger partial charge in [-0.25, -0.2) is 0 Å². The van der Waals surface area contributed by atoms with Crippen molar-refractivity contribution in [1.29, 1.82) is 0 Å². The van der Waals surface area contributed by atoms with Crippen LogP contribution in [0.4, 0.5) is 5.69 Å². The van der Waals surface area contributed by atoms with E-state index < -0.39 is 0 Å². The maximum Gasteiger partial charge on any atom is 0.115 e. The molecule has 0 aliphatic rings. The molecular weight excluding hydrogens is 126 g/mol. The first kappa shape index (κ1) is 7.09. The van der Waals surface area contributed by atoms with E-state index in [0.717, 1.165) is 5.69 Å². The van der Waals surface area contributed by atoms with E-state index in [0.29, 0.717) is 0 Å². The molecule has 0 spiro atoms. The molecular formula is C8H11NO. The summed E-state index contributed by atoms with van der Waals surface area (Å²) < 4.78 is 0. The summed E-state index contributed by atoms with van der Waals surface area (Å²) >= 11 is 0. The van der Waals surface area contributed by atoms with Crippen molar-refractivity contribution in [2.45, 2.75) is 0 Å². The van der Waals surface area contributed by atoms with Gasteiger partial charge in [0.15, 0.2) is 0 Å². The quantitative estimate of drug-likeness (QED) is 0.616. The third-order valence-electron chi connectivity index (χ3n) is 1.41. The summed E-state index contributed by atoms with van der Waals surface area (Å²) in [6.45, 7) is 0.0595. The highest BCUT2D eigenvalue weighted by Gasteiger charge is 1.93. The Balaban J connectivity index is 2.75. The van der Waals surface area contributed by atoms with E-state index in [-0.39, 0.29) is 6.73 Å². The van der Waals surface area contributed by atoms with Crippen LogP contribution in [0.5, 0.6) is 0 Å². The van der Waals surface area contributed by atoms with E-state index in [9.17, 15) is 0 Å². The summed E-state index contributed by atoms with van der Waals surface area (Å²) in [4.78, 5) is 1.76. The van der Waals surface area contributed by atoms with Gasteiger partial charge in [-0.1, -0.05) is 18.2 Å². The van der Waals surface area contributed by atoms with Crippen LogP contribution in [0.2, 0.25) is 0 Å². The first-order valence-corrected chi connectivity index (χ1v) is 3.21. The third kappa shape index (κ3) is 1.48. The Morgan fingerprint density at radius 3 is 2.40 bits per heavy atom. The van der Waals surface area contributed by atoms with Crippen molar-refractivity contribution in [3.8, 4) is 0 Å². The fourth-order valence-corrected chi connectivity index (χ4v) is 0.764.